The molecule has 0 aromatic heterocycles. The van der Waals surface area contributed by atoms with Gasteiger partial charge in [-0.3, -0.25) is 4.79 Å². The third-order valence-corrected chi connectivity index (χ3v) is 4.38. The van der Waals surface area contributed by atoms with E-state index < -0.39 is 0 Å². The van der Waals surface area contributed by atoms with Crippen LogP contribution in [0.4, 0.5) is 4.39 Å². The zero-order chi connectivity index (χ0) is 15.2. The quantitative estimate of drug-likeness (QED) is 0.709. The van der Waals surface area contributed by atoms with Crippen molar-refractivity contribution < 1.29 is 9.18 Å². The number of thioether (sulfide) groups is 1. The molecule has 0 aliphatic heterocycles. The monoisotopic (exact) mass is 302 g/mol. The van der Waals surface area contributed by atoms with Gasteiger partial charge >= 0.3 is 0 Å². The van der Waals surface area contributed by atoms with Gasteiger partial charge in [-0.1, -0.05) is 50.2 Å². The molecule has 0 aliphatic carbocycles. The molecule has 3 heteroatoms. The van der Waals surface area contributed by atoms with Gasteiger partial charge in [0, 0.05) is 11.3 Å². The summed E-state index contributed by atoms with van der Waals surface area (Å²) in [4.78, 5) is 12.5. The van der Waals surface area contributed by atoms with E-state index in [0.29, 0.717) is 23.0 Å². The summed E-state index contributed by atoms with van der Waals surface area (Å²) in [7, 11) is 0. The smallest absolute Gasteiger partial charge is 0.147 e. The van der Waals surface area contributed by atoms with Crippen LogP contribution in [0.2, 0.25) is 0 Å². The van der Waals surface area contributed by atoms with Gasteiger partial charge in [-0.15, -0.1) is 11.8 Å². The van der Waals surface area contributed by atoms with Crippen LogP contribution in [0.1, 0.15) is 30.9 Å². The second kappa shape index (κ2) is 7.41. The Balaban J connectivity index is 1.88. The van der Waals surface area contributed by atoms with Gasteiger partial charge in [-0.05, 0) is 29.2 Å². The van der Waals surface area contributed by atoms with Crippen LogP contribution in [0.5, 0.6) is 0 Å². The lowest BCUT2D eigenvalue weighted by Crippen LogP contribution is -2.06. The van der Waals surface area contributed by atoms with Crippen molar-refractivity contribution in [3.63, 3.8) is 0 Å². The molecule has 0 unspecified atom stereocenters. The average Bonchev–Trinajstić information content (AvgIpc) is 2.47. The molecule has 0 saturated heterocycles. The van der Waals surface area contributed by atoms with Gasteiger partial charge in [0.2, 0.25) is 0 Å². The van der Waals surface area contributed by atoms with E-state index >= 15 is 0 Å². The zero-order valence-corrected chi connectivity index (χ0v) is 13.1. The van der Waals surface area contributed by atoms with E-state index in [0.717, 1.165) is 5.56 Å². The Morgan fingerprint density at radius 2 is 1.76 bits per heavy atom. The first-order valence-electron chi connectivity index (χ1n) is 7.04. The first-order chi connectivity index (χ1) is 10.1. The van der Waals surface area contributed by atoms with Gasteiger partial charge in [-0.2, -0.15) is 0 Å². The molecule has 2 rings (SSSR count). The fraction of sp³-hybridized carbons (Fsp3) is 0.278. The van der Waals surface area contributed by atoms with Gasteiger partial charge in [0.15, 0.2) is 0 Å². The molecule has 0 saturated carbocycles. The topological polar surface area (TPSA) is 17.1 Å². The Morgan fingerprint density at radius 3 is 2.38 bits per heavy atom. The molecule has 0 atom stereocenters. The fourth-order valence-corrected chi connectivity index (χ4v) is 2.82. The van der Waals surface area contributed by atoms with Gasteiger partial charge in [0.25, 0.3) is 0 Å². The average molecular weight is 302 g/mol. The van der Waals surface area contributed by atoms with Crippen molar-refractivity contribution >= 4 is 17.5 Å². The lowest BCUT2D eigenvalue weighted by atomic mass is 10.0. The predicted molar refractivity (Wildman–Crippen MR) is 86.4 cm³/mol. The number of carbonyl (C=O) groups is 1. The number of hydrogen-bond acceptors (Lipinski definition) is 2. The van der Waals surface area contributed by atoms with Crippen LogP contribution in [0.15, 0.2) is 53.4 Å². The minimum Gasteiger partial charge on any atom is -0.298 e. The minimum absolute atomic E-state index is 0.112. The van der Waals surface area contributed by atoms with E-state index in [-0.39, 0.29) is 11.6 Å². The lowest BCUT2D eigenvalue weighted by Gasteiger charge is -2.07. The largest absolute Gasteiger partial charge is 0.298 e. The van der Waals surface area contributed by atoms with E-state index in [4.69, 9.17) is 0 Å². The number of halogens is 1. The maximum absolute atomic E-state index is 13.5. The number of hydrogen-bond donors (Lipinski definition) is 0. The molecule has 0 fully saturated rings. The summed E-state index contributed by atoms with van der Waals surface area (Å²) in [5, 5.41) is 0. The van der Waals surface area contributed by atoms with E-state index in [9.17, 15) is 9.18 Å². The second-order valence-electron chi connectivity index (χ2n) is 5.33. The molecule has 2 aromatic carbocycles. The van der Waals surface area contributed by atoms with Gasteiger partial charge in [0.05, 0.1) is 5.75 Å². The molecule has 2 aromatic rings. The molecule has 0 N–H and O–H groups in total. The van der Waals surface area contributed by atoms with Crippen LogP contribution in [0.25, 0.3) is 0 Å². The molecular weight excluding hydrogens is 283 g/mol. The third kappa shape index (κ3) is 4.71. The molecule has 1 nitrogen and oxygen atoms in total. The maximum atomic E-state index is 13.5. The summed E-state index contributed by atoms with van der Waals surface area (Å²) in [6.07, 6.45) is 0.403. The van der Waals surface area contributed by atoms with Crippen LogP contribution in [-0.2, 0) is 11.2 Å². The highest BCUT2D eigenvalue weighted by Crippen LogP contribution is 2.22. The fourth-order valence-electron chi connectivity index (χ4n) is 2.02. The van der Waals surface area contributed by atoms with Gasteiger partial charge in [-0.25, -0.2) is 4.39 Å². The molecule has 21 heavy (non-hydrogen) atoms. The predicted octanol–water partition coefficient (Wildman–Crippen LogP) is 4.85. The summed E-state index contributed by atoms with van der Waals surface area (Å²) in [5.74, 6) is 0.635. The van der Waals surface area contributed by atoms with E-state index in [1.165, 1.54) is 23.4 Å². The van der Waals surface area contributed by atoms with Crippen molar-refractivity contribution in [2.75, 3.05) is 5.75 Å². The Bertz CT molecular complexity index is 605. The number of carbonyl (C=O) groups excluding carboxylic acids is 1. The molecule has 0 radical (unpaired) electrons. The van der Waals surface area contributed by atoms with E-state index in [2.05, 4.69) is 26.0 Å². The normalized spacial score (nSPS) is 10.9. The van der Waals surface area contributed by atoms with Gasteiger partial charge < -0.3 is 0 Å². The highest BCUT2D eigenvalue weighted by atomic mass is 32.2. The first-order valence-corrected chi connectivity index (χ1v) is 8.02. The molecule has 0 spiro atoms. The number of Topliss-reactive ketones (excluding diaryl/α,β-unsaturated/α-hetero) is 1. The minimum atomic E-state index is -0.267. The Morgan fingerprint density at radius 1 is 1.10 bits per heavy atom. The summed E-state index contributed by atoms with van der Waals surface area (Å²) >= 11 is 1.26. The summed E-state index contributed by atoms with van der Waals surface area (Å²) in [5.41, 5.74) is 2.28. The molecule has 0 amide bonds. The molecule has 0 bridgehead atoms. The number of benzene rings is 2. The van der Waals surface area contributed by atoms with Crippen molar-refractivity contribution in [3.8, 4) is 0 Å². The van der Waals surface area contributed by atoms with Crippen LogP contribution in [-0.4, -0.2) is 11.5 Å². The van der Waals surface area contributed by atoms with Gasteiger partial charge in [0.1, 0.15) is 11.6 Å². The van der Waals surface area contributed by atoms with E-state index in [1.54, 1.807) is 18.2 Å². The van der Waals surface area contributed by atoms with Crippen LogP contribution >= 0.6 is 11.8 Å². The van der Waals surface area contributed by atoms with Crippen molar-refractivity contribution in [2.24, 2.45) is 0 Å². The van der Waals surface area contributed by atoms with E-state index in [1.807, 2.05) is 12.1 Å². The zero-order valence-electron chi connectivity index (χ0n) is 12.3. The van der Waals surface area contributed by atoms with Crippen molar-refractivity contribution in [2.45, 2.75) is 31.1 Å². The van der Waals surface area contributed by atoms with Crippen molar-refractivity contribution in [1.82, 2.24) is 0 Å². The highest BCUT2D eigenvalue weighted by molar-refractivity contribution is 8.00. The standard InChI is InChI=1S/C18H19FOS/c1-13(2)15-9-7-14(8-10-15)11-16(20)12-21-18-6-4-3-5-17(18)19/h3-10,13H,11-12H2,1-2H3. The molecule has 0 aliphatic rings. The SMILES string of the molecule is CC(C)c1ccc(CC(=O)CSc2ccccc2F)cc1. The van der Waals surface area contributed by atoms with Crippen molar-refractivity contribution in [1.29, 1.82) is 0 Å². The number of rotatable bonds is 6. The molecular formula is C18H19FOS. The maximum Gasteiger partial charge on any atom is 0.147 e. The Labute approximate surface area is 129 Å². The summed E-state index contributed by atoms with van der Waals surface area (Å²) < 4.78 is 13.5. The van der Waals surface area contributed by atoms with Crippen molar-refractivity contribution in [3.05, 3.63) is 65.5 Å². The summed E-state index contributed by atoms with van der Waals surface area (Å²) in [6.45, 7) is 4.29. The Kier molecular flexibility index (Phi) is 5.57. The number of ketones is 1. The van der Waals surface area contributed by atoms with Crippen LogP contribution < -0.4 is 0 Å². The van der Waals surface area contributed by atoms with Crippen LogP contribution in [0.3, 0.4) is 0 Å². The first kappa shape index (κ1) is 15.8. The molecule has 0 heterocycles. The van der Waals surface area contributed by atoms with Crippen LogP contribution in [0, 0.1) is 5.82 Å². The third-order valence-electron chi connectivity index (χ3n) is 3.27. The molecule has 110 valence electrons. The highest BCUT2D eigenvalue weighted by Gasteiger charge is 2.08. The Hall–Kier alpha value is -1.61. The summed E-state index contributed by atoms with van der Waals surface area (Å²) in [6, 6.07) is 14.7. The second-order valence-corrected chi connectivity index (χ2v) is 6.35. The lowest BCUT2D eigenvalue weighted by molar-refractivity contribution is -0.116.